The lowest BCUT2D eigenvalue weighted by Gasteiger charge is -2.44. The molecule has 0 unspecified atom stereocenters. The number of carbonyl (C=O) groups excluding carboxylic acids is 1. The molecule has 0 bridgehead atoms. The van der Waals surface area contributed by atoms with Crippen LogP contribution in [0.4, 0.5) is 0 Å². The molecular formula is C19H18N4O4S. The highest BCUT2D eigenvalue weighted by Gasteiger charge is 2.43. The van der Waals surface area contributed by atoms with E-state index in [0.29, 0.717) is 48.5 Å². The van der Waals surface area contributed by atoms with Crippen LogP contribution in [0.25, 0.3) is 11.0 Å². The molecule has 5 rings (SSSR count). The van der Waals surface area contributed by atoms with Gasteiger partial charge in [-0.1, -0.05) is 0 Å². The minimum atomic E-state index is -0.898. The Morgan fingerprint density at radius 1 is 1.18 bits per heavy atom. The van der Waals surface area contributed by atoms with Gasteiger partial charge in [-0.05, 0) is 42.7 Å². The van der Waals surface area contributed by atoms with Gasteiger partial charge in [0.25, 0.3) is 5.91 Å². The predicted molar refractivity (Wildman–Crippen MR) is 102 cm³/mol. The quantitative estimate of drug-likeness (QED) is 0.686. The van der Waals surface area contributed by atoms with Gasteiger partial charge in [-0.3, -0.25) is 4.79 Å². The van der Waals surface area contributed by atoms with Gasteiger partial charge in [0.2, 0.25) is 0 Å². The van der Waals surface area contributed by atoms with E-state index in [1.165, 1.54) is 11.3 Å². The molecule has 28 heavy (non-hydrogen) atoms. The Kier molecular flexibility index (Phi) is 3.95. The van der Waals surface area contributed by atoms with E-state index in [0.717, 1.165) is 22.4 Å². The molecule has 1 amide bonds. The van der Waals surface area contributed by atoms with Crippen LogP contribution < -0.4 is 0 Å². The molecule has 0 radical (unpaired) electrons. The maximum Gasteiger partial charge on any atom is 0.345 e. The van der Waals surface area contributed by atoms with E-state index in [-0.39, 0.29) is 5.91 Å². The Hall–Kier alpha value is -2.78. The molecule has 144 valence electrons. The fourth-order valence-corrected chi connectivity index (χ4v) is 5.23. The van der Waals surface area contributed by atoms with Crippen LogP contribution in [0.1, 0.15) is 43.3 Å². The molecule has 0 aliphatic carbocycles. The first-order valence-electron chi connectivity index (χ1n) is 9.16. The van der Waals surface area contributed by atoms with E-state index >= 15 is 0 Å². The summed E-state index contributed by atoms with van der Waals surface area (Å²) in [7, 11) is 0. The second kappa shape index (κ2) is 6.39. The summed E-state index contributed by atoms with van der Waals surface area (Å²) in [6.07, 6.45) is 2.07. The molecule has 2 aliphatic heterocycles. The number of nitrogens with zero attached hydrogens (tertiary/aromatic N) is 3. The first-order chi connectivity index (χ1) is 13.6. The Balaban J connectivity index is 1.36. The number of hydrogen-bond donors (Lipinski definition) is 2. The van der Waals surface area contributed by atoms with Crippen LogP contribution >= 0.6 is 11.3 Å². The van der Waals surface area contributed by atoms with Gasteiger partial charge < -0.3 is 14.7 Å². The number of benzene rings is 1. The van der Waals surface area contributed by atoms with Crippen molar-refractivity contribution < 1.29 is 19.4 Å². The first-order valence-corrected chi connectivity index (χ1v) is 9.98. The monoisotopic (exact) mass is 398 g/mol. The molecule has 9 heteroatoms. The number of likely N-dealkylation sites (tertiary alicyclic amines) is 1. The Morgan fingerprint density at radius 2 is 1.96 bits per heavy atom. The number of hydrogen-bond acceptors (Lipinski definition) is 6. The molecule has 1 spiro atoms. The number of aromatic nitrogens is 3. The number of carboxylic acids is 1. The summed E-state index contributed by atoms with van der Waals surface area (Å²) < 4.78 is 6.16. The Labute approximate surface area is 164 Å². The molecule has 1 fully saturated rings. The molecule has 4 heterocycles. The van der Waals surface area contributed by atoms with E-state index in [1.807, 2.05) is 4.90 Å². The average molecular weight is 398 g/mol. The van der Waals surface area contributed by atoms with Crippen LogP contribution in [0.3, 0.4) is 0 Å². The van der Waals surface area contributed by atoms with Crippen molar-refractivity contribution >= 4 is 34.2 Å². The number of rotatable bonds is 2. The molecule has 1 aromatic carbocycles. The van der Waals surface area contributed by atoms with Crippen molar-refractivity contribution in [3.05, 3.63) is 45.1 Å². The number of aromatic amines is 1. The van der Waals surface area contributed by atoms with Gasteiger partial charge in [0, 0.05) is 30.0 Å². The second-order valence-corrected chi connectivity index (χ2v) is 8.30. The third-order valence-electron chi connectivity index (χ3n) is 5.64. The van der Waals surface area contributed by atoms with E-state index in [1.54, 1.807) is 24.3 Å². The second-order valence-electron chi connectivity index (χ2n) is 7.16. The lowest BCUT2D eigenvalue weighted by atomic mass is 9.82. The van der Waals surface area contributed by atoms with Gasteiger partial charge in [0.1, 0.15) is 15.9 Å². The zero-order valence-corrected chi connectivity index (χ0v) is 15.8. The van der Waals surface area contributed by atoms with Crippen LogP contribution in [0.15, 0.2) is 24.3 Å². The van der Waals surface area contributed by atoms with Gasteiger partial charge in [-0.25, -0.2) is 4.79 Å². The molecule has 2 aromatic heterocycles. The van der Waals surface area contributed by atoms with Crippen molar-refractivity contribution in [1.29, 1.82) is 0 Å². The van der Waals surface area contributed by atoms with Crippen molar-refractivity contribution in [3.63, 3.8) is 0 Å². The van der Waals surface area contributed by atoms with Crippen LogP contribution in [-0.4, -0.2) is 57.0 Å². The maximum atomic E-state index is 12.9. The lowest BCUT2D eigenvalue weighted by Crippen LogP contribution is -2.48. The number of nitrogens with one attached hydrogen (secondary N) is 1. The maximum absolute atomic E-state index is 12.9. The molecule has 2 aliphatic rings. The molecule has 0 atom stereocenters. The molecule has 2 N–H and O–H groups in total. The lowest BCUT2D eigenvalue weighted by molar-refractivity contribution is -0.0926. The Bertz CT molecular complexity index is 1080. The van der Waals surface area contributed by atoms with E-state index in [4.69, 9.17) is 4.74 Å². The zero-order chi connectivity index (χ0) is 19.3. The third-order valence-corrected chi connectivity index (χ3v) is 6.82. The smallest absolute Gasteiger partial charge is 0.345 e. The van der Waals surface area contributed by atoms with E-state index in [2.05, 4.69) is 15.4 Å². The number of amides is 1. The van der Waals surface area contributed by atoms with Crippen molar-refractivity contribution in [1.82, 2.24) is 20.3 Å². The summed E-state index contributed by atoms with van der Waals surface area (Å²) in [6, 6.07) is 7.06. The minimum absolute atomic E-state index is 0.0349. The van der Waals surface area contributed by atoms with E-state index in [9.17, 15) is 14.7 Å². The number of piperidine rings is 1. The predicted octanol–water partition coefficient (Wildman–Crippen LogP) is 2.42. The average Bonchev–Trinajstić information content (AvgIpc) is 3.35. The van der Waals surface area contributed by atoms with Crippen molar-refractivity contribution in [2.45, 2.75) is 24.9 Å². The highest BCUT2D eigenvalue weighted by molar-refractivity contribution is 7.14. The number of fused-ring (bicyclic) bond motifs is 3. The zero-order valence-electron chi connectivity index (χ0n) is 15.0. The highest BCUT2D eigenvalue weighted by Crippen LogP contribution is 2.44. The largest absolute Gasteiger partial charge is 0.477 e. The topological polar surface area (TPSA) is 108 Å². The van der Waals surface area contributed by atoms with Gasteiger partial charge >= 0.3 is 5.97 Å². The number of H-pyrrole nitrogens is 1. The number of carboxylic acid groups (broad SMARTS) is 1. The number of thiophene rings is 1. The third kappa shape index (κ3) is 2.70. The fraction of sp³-hybridized carbons (Fsp3) is 0.368. The molecule has 8 nitrogen and oxygen atoms in total. The van der Waals surface area contributed by atoms with Crippen molar-refractivity contribution in [2.24, 2.45) is 0 Å². The van der Waals surface area contributed by atoms with Gasteiger partial charge in [-0.15, -0.1) is 11.3 Å². The standard InChI is InChI=1S/C19H18N4O4S/c24-17(11-1-2-13-14(9-11)21-22-20-13)23-6-4-19(5-7-23)12-10-16(18(25)26)28-15(12)3-8-27-19/h1-2,9-10H,3-8H2,(H,25,26)(H,20,21,22). The fourth-order valence-electron chi connectivity index (χ4n) is 4.16. The molecule has 1 saturated heterocycles. The molecule has 3 aromatic rings. The number of ether oxygens (including phenoxy) is 1. The highest BCUT2D eigenvalue weighted by atomic mass is 32.1. The van der Waals surface area contributed by atoms with Crippen LogP contribution in [-0.2, 0) is 16.8 Å². The minimum Gasteiger partial charge on any atom is -0.477 e. The SMILES string of the molecule is O=C(O)c1cc2c(s1)CCOC21CCN(C(=O)c2ccc3n[nH]nc3c2)CC1. The number of carbonyl (C=O) groups is 2. The summed E-state index contributed by atoms with van der Waals surface area (Å²) in [6.45, 7) is 1.71. The van der Waals surface area contributed by atoms with Crippen LogP contribution in [0, 0.1) is 0 Å². The van der Waals surface area contributed by atoms with Crippen molar-refractivity contribution in [3.8, 4) is 0 Å². The van der Waals surface area contributed by atoms with Crippen LogP contribution in [0.5, 0.6) is 0 Å². The van der Waals surface area contributed by atoms with Gasteiger partial charge in [-0.2, -0.15) is 15.4 Å². The normalized spacial score (nSPS) is 18.4. The first kappa shape index (κ1) is 17.3. The summed E-state index contributed by atoms with van der Waals surface area (Å²) in [4.78, 5) is 27.6. The van der Waals surface area contributed by atoms with E-state index < -0.39 is 11.6 Å². The summed E-state index contributed by atoms with van der Waals surface area (Å²) >= 11 is 1.34. The van der Waals surface area contributed by atoms with Crippen LogP contribution in [0.2, 0.25) is 0 Å². The molecular weight excluding hydrogens is 380 g/mol. The number of aromatic carboxylic acids is 1. The summed E-state index contributed by atoms with van der Waals surface area (Å²) in [5.41, 5.74) is 2.50. The Morgan fingerprint density at radius 3 is 2.75 bits per heavy atom. The van der Waals surface area contributed by atoms with Crippen molar-refractivity contribution in [2.75, 3.05) is 19.7 Å². The summed E-state index contributed by atoms with van der Waals surface area (Å²) in [5.74, 6) is -0.933. The van der Waals surface area contributed by atoms with Gasteiger partial charge in [0.05, 0.1) is 12.2 Å². The molecule has 0 saturated carbocycles. The summed E-state index contributed by atoms with van der Waals surface area (Å²) in [5, 5.41) is 19.9. The van der Waals surface area contributed by atoms with Gasteiger partial charge in [0.15, 0.2) is 0 Å².